The minimum absolute atomic E-state index is 0.479. The van der Waals surface area contributed by atoms with Crippen LogP contribution in [0.3, 0.4) is 0 Å². The maximum atomic E-state index is 5.72. The highest BCUT2D eigenvalue weighted by molar-refractivity contribution is 5.16. The molecule has 0 aromatic heterocycles. The lowest BCUT2D eigenvalue weighted by molar-refractivity contribution is 0.223. The van der Waals surface area contributed by atoms with Gasteiger partial charge in [0.1, 0.15) is 0 Å². The van der Waals surface area contributed by atoms with E-state index in [1.165, 1.54) is 43.6 Å². The Bertz CT molecular complexity index is 494. The Kier molecular flexibility index (Phi) is 8.53. The number of benzene rings is 2. The molecule has 0 amide bonds. The fourth-order valence-electron chi connectivity index (χ4n) is 2.81. The summed E-state index contributed by atoms with van der Waals surface area (Å²) in [6.45, 7) is 7.66. The Morgan fingerprint density at radius 2 is 1.33 bits per heavy atom. The predicted octanol–water partition coefficient (Wildman–Crippen LogP) is 3.41. The third-order valence-electron chi connectivity index (χ3n) is 4.42. The molecule has 0 unspecified atom stereocenters. The van der Waals surface area contributed by atoms with Crippen molar-refractivity contribution in [2.24, 2.45) is 5.73 Å². The van der Waals surface area contributed by atoms with Gasteiger partial charge in [0, 0.05) is 19.1 Å². The largest absolute Gasteiger partial charge is 0.328 e. The zero-order chi connectivity index (χ0) is 17.0. The van der Waals surface area contributed by atoms with Gasteiger partial charge in [-0.15, -0.1) is 0 Å². The minimum atomic E-state index is 0.479. The first kappa shape index (κ1) is 18.7. The van der Waals surface area contributed by atoms with Crippen LogP contribution in [0.1, 0.15) is 30.9 Å². The second kappa shape index (κ2) is 11.0. The summed E-state index contributed by atoms with van der Waals surface area (Å²) in [6.07, 6.45) is 2.38. The molecule has 0 atom stereocenters. The number of piperidine rings is 1. The molecule has 2 aromatic carbocycles. The normalized spacial score (nSPS) is 15.6. The van der Waals surface area contributed by atoms with E-state index in [-0.39, 0.29) is 0 Å². The fourth-order valence-corrected chi connectivity index (χ4v) is 2.81. The van der Waals surface area contributed by atoms with Crippen molar-refractivity contribution in [1.29, 1.82) is 0 Å². The fraction of sp³-hybridized carbons (Fsp3) is 0.429. The average molecular weight is 326 g/mol. The van der Waals surface area contributed by atoms with Crippen LogP contribution in [0.5, 0.6) is 0 Å². The quantitative estimate of drug-likeness (QED) is 0.885. The third kappa shape index (κ3) is 7.26. The monoisotopic (exact) mass is 325 g/mol. The summed E-state index contributed by atoms with van der Waals surface area (Å²) in [6, 6.07) is 21.4. The Morgan fingerprint density at radius 1 is 0.875 bits per heavy atom. The van der Waals surface area contributed by atoms with E-state index in [4.69, 9.17) is 5.73 Å². The van der Waals surface area contributed by atoms with Crippen LogP contribution in [0, 0.1) is 0 Å². The summed E-state index contributed by atoms with van der Waals surface area (Å²) < 4.78 is 0. The predicted molar refractivity (Wildman–Crippen MR) is 103 cm³/mol. The van der Waals surface area contributed by atoms with Crippen molar-refractivity contribution in [1.82, 2.24) is 10.2 Å². The molecule has 0 spiro atoms. The van der Waals surface area contributed by atoms with E-state index in [1.807, 2.05) is 12.1 Å². The number of rotatable bonds is 5. The number of nitrogens with one attached hydrogen (secondary N) is 1. The SMILES string of the molecule is CCN1CCC(N)CC1.c1ccc(CNCc2ccccc2)cc1. The second-order valence-electron chi connectivity index (χ2n) is 6.35. The van der Waals surface area contributed by atoms with Crippen LogP contribution in [0.25, 0.3) is 0 Å². The van der Waals surface area contributed by atoms with Gasteiger partial charge in [-0.1, -0.05) is 67.6 Å². The van der Waals surface area contributed by atoms with E-state index >= 15 is 0 Å². The molecule has 1 saturated heterocycles. The van der Waals surface area contributed by atoms with Crippen LogP contribution in [0.15, 0.2) is 60.7 Å². The third-order valence-corrected chi connectivity index (χ3v) is 4.42. The topological polar surface area (TPSA) is 41.3 Å². The first-order valence-electron chi connectivity index (χ1n) is 9.04. The van der Waals surface area contributed by atoms with E-state index in [9.17, 15) is 0 Å². The smallest absolute Gasteiger partial charge is 0.0208 e. The highest BCUT2D eigenvalue weighted by atomic mass is 15.1. The van der Waals surface area contributed by atoms with Crippen molar-refractivity contribution in [3.05, 3.63) is 71.8 Å². The Hall–Kier alpha value is -1.68. The van der Waals surface area contributed by atoms with Gasteiger partial charge in [0.05, 0.1) is 0 Å². The number of likely N-dealkylation sites (tertiary alicyclic amines) is 1. The molecule has 130 valence electrons. The van der Waals surface area contributed by atoms with Gasteiger partial charge >= 0.3 is 0 Å². The van der Waals surface area contributed by atoms with Crippen molar-refractivity contribution < 1.29 is 0 Å². The van der Waals surface area contributed by atoms with Crippen molar-refractivity contribution >= 4 is 0 Å². The molecule has 1 fully saturated rings. The summed E-state index contributed by atoms with van der Waals surface area (Å²) in [5, 5.41) is 3.42. The summed E-state index contributed by atoms with van der Waals surface area (Å²) in [5.74, 6) is 0. The summed E-state index contributed by atoms with van der Waals surface area (Å²) >= 11 is 0. The van der Waals surface area contributed by atoms with Crippen LogP contribution in [-0.2, 0) is 13.1 Å². The molecular weight excluding hydrogens is 294 g/mol. The Morgan fingerprint density at radius 3 is 1.75 bits per heavy atom. The lowest BCUT2D eigenvalue weighted by Gasteiger charge is -2.28. The molecule has 2 aromatic rings. The van der Waals surface area contributed by atoms with Crippen LogP contribution >= 0.6 is 0 Å². The van der Waals surface area contributed by atoms with E-state index < -0.39 is 0 Å². The molecular formula is C21H31N3. The highest BCUT2D eigenvalue weighted by Gasteiger charge is 2.13. The molecule has 1 aliphatic heterocycles. The van der Waals surface area contributed by atoms with Gasteiger partial charge in [-0.3, -0.25) is 0 Å². The molecule has 1 aliphatic rings. The molecule has 3 N–H and O–H groups in total. The van der Waals surface area contributed by atoms with Crippen LogP contribution < -0.4 is 11.1 Å². The molecule has 1 heterocycles. The van der Waals surface area contributed by atoms with Gasteiger partial charge in [-0.25, -0.2) is 0 Å². The van der Waals surface area contributed by atoms with Crippen molar-refractivity contribution in [3.8, 4) is 0 Å². The van der Waals surface area contributed by atoms with Gasteiger partial charge in [0.25, 0.3) is 0 Å². The van der Waals surface area contributed by atoms with E-state index in [0.29, 0.717) is 6.04 Å². The van der Waals surface area contributed by atoms with E-state index in [0.717, 1.165) is 13.1 Å². The van der Waals surface area contributed by atoms with Crippen LogP contribution in [0.2, 0.25) is 0 Å². The first-order chi connectivity index (χ1) is 11.8. The lowest BCUT2D eigenvalue weighted by Crippen LogP contribution is -2.39. The van der Waals surface area contributed by atoms with E-state index in [2.05, 4.69) is 65.7 Å². The second-order valence-corrected chi connectivity index (χ2v) is 6.35. The summed E-state index contributed by atoms with van der Waals surface area (Å²) in [5.41, 5.74) is 8.38. The van der Waals surface area contributed by atoms with Gasteiger partial charge in [0.2, 0.25) is 0 Å². The maximum absolute atomic E-state index is 5.72. The molecule has 3 nitrogen and oxygen atoms in total. The molecule has 0 bridgehead atoms. The van der Waals surface area contributed by atoms with Gasteiger partial charge < -0.3 is 16.0 Å². The summed E-state index contributed by atoms with van der Waals surface area (Å²) in [7, 11) is 0. The standard InChI is InChI=1S/C14H15N.C7H16N2/c1-3-7-13(8-4-1)11-15-12-14-9-5-2-6-10-14;1-2-9-5-3-7(8)4-6-9/h1-10,15H,11-12H2;7H,2-6,8H2,1H3. The molecule has 0 radical (unpaired) electrons. The summed E-state index contributed by atoms with van der Waals surface area (Å²) in [4.78, 5) is 2.45. The number of nitrogens with two attached hydrogens (primary N) is 1. The first-order valence-corrected chi connectivity index (χ1v) is 9.04. The average Bonchev–Trinajstić information content (AvgIpc) is 2.65. The molecule has 3 rings (SSSR count). The molecule has 24 heavy (non-hydrogen) atoms. The zero-order valence-electron chi connectivity index (χ0n) is 14.8. The number of hydrogen-bond donors (Lipinski definition) is 2. The molecule has 0 aliphatic carbocycles. The van der Waals surface area contributed by atoms with Crippen molar-refractivity contribution in [2.45, 2.75) is 38.9 Å². The van der Waals surface area contributed by atoms with E-state index in [1.54, 1.807) is 0 Å². The number of nitrogens with zero attached hydrogens (tertiary/aromatic N) is 1. The Balaban J connectivity index is 0.000000198. The number of hydrogen-bond acceptors (Lipinski definition) is 3. The lowest BCUT2D eigenvalue weighted by atomic mass is 10.1. The maximum Gasteiger partial charge on any atom is 0.0208 e. The van der Waals surface area contributed by atoms with Crippen molar-refractivity contribution in [2.75, 3.05) is 19.6 Å². The van der Waals surface area contributed by atoms with Gasteiger partial charge in [-0.05, 0) is 43.6 Å². The van der Waals surface area contributed by atoms with Gasteiger partial charge in [0.15, 0.2) is 0 Å². The van der Waals surface area contributed by atoms with Crippen LogP contribution in [0.4, 0.5) is 0 Å². The zero-order valence-corrected chi connectivity index (χ0v) is 14.8. The highest BCUT2D eigenvalue weighted by Crippen LogP contribution is 2.06. The van der Waals surface area contributed by atoms with Crippen molar-refractivity contribution in [3.63, 3.8) is 0 Å². The minimum Gasteiger partial charge on any atom is -0.328 e. The molecule has 3 heteroatoms. The molecule has 0 saturated carbocycles. The van der Waals surface area contributed by atoms with Crippen LogP contribution in [-0.4, -0.2) is 30.6 Å². The Labute approximate surface area is 146 Å². The van der Waals surface area contributed by atoms with Gasteiger partial charge in [-0.2, -0.15) is 0 Å².